The molecule has 0 saturated carbocycles. The first-order chi connectivity index (χ1) is 9.78. The smallest absolute Gasteiger partial charge is 0.129 e. The van der Waals surface area contributed by atoms with Crippen LogP contribution in [0.4, 0.5) is 0 Å². The van der Waals surface area contributed by atoms with Crippen LogP contribution >= 0.6 is 0 Å². The van der Waals surface area contributed by atoms with Gasteiger partial charge in [-0.2, -0.15) is 0 Å². The number of rotatable bonds is 5. The highest BCUT2D eigenvalue weighted by Crippen LogP contribution is 2.41. The lowest BCUT2D eigenvalue weighted by molar-refractivity contribution is -0.0122. The molecule has 1 aromatic carbocycles. The molecular weight excluding hydrogens is 268 g/mol. The van der Waals surface area contributed by atoms with Gasteiger partial charge in [0.1, 0.15) is 23.7 Å². The molecule has 0 amide bonds. The molecule has 1 atom stereocenters. The molecule has 4 heteroatoms. The first-order valence-corrected chi connectivity index (χ1v) is 7.65. The van der Waals surface area contributed by atoms with Gasteiger partial charge in [-0.05, 0) is 38.8 Å². The van der Waals surface area contributed by atoms with Gasteiger partial charge in [-0.25, -0.2) is 0 Å². The normalized spacial score (nSPS) is 20.6. The summed E-state index contributed by atoms with van der Waals surface area (Å²) in [6, 6.07) is 5.45. The van der Waals surface area contributed by atoms with Crippen LogP contribution in [0, 0.1) is 0 Å². The van der Waals surface area contributed by atoms with Gasteiger partial charge in [0, 0.05) is 18.1 Å². The third kappa shape index (κ3) is 3.69. The van der Waals surface area contributed by atoms with Crippen LogP contribution < -0.4 is 9.47 Å². The molecule has 1 aliphatic heterocycles. The molecule has 0 aromatic heterocycles. The second-order valence-corrected chi connectivity index (χ2v) is 6.50. The summed E-state index contributed by atoms with van der Waals surface area (Å²) >= 11 is 0. The molecule has 2 rings (SSSR count). The number of hydrogen-bond donors (Lipinski definition) is 2. The summed E-state index contributed by atoms with van der Waals surface area (Å²) < 4.78 is 11.6. The second kappa shape index (κ2) is 5.85. The predicted octanol–water partition coefficient (Wildman–Crippen LogP) is 3.21. The van der Waals surface area contributed by atoms with Crippen molar-refractivity contribution >= 4 is 0 Å². The minimum atomic E-state index is -0.796. The highest BCUT2D eigenvalue weighted by atomic mass is 16.5. The van der Waals surface area contributed by atoms with Gasteiger partial charge < -0.3 is 19.7 Å². The van der Waals surface area contributed by atoms with Crippen molar-refractivity contribution in [3.05, 3.63) is 23.8 Å². The van der Waals surface area contributed by atoms with Crippen molar-refractivity contribution in [1.29, 1.82) is 0 Å². The average molecular weight is 294 g/mol. The largest absolute Gasteiger partial charge is 0.490 e. The summed E-state index contributed by atoms with van der Waals surface area (Å²) in [5.74, 6) is 1.31. The van der Waals surface area contributed by atoms with Crippen molar-refractivity contribution in [2.45, 2.75) is 64.3 Å². The molecular formula is C17H26O4. The summed E-state index contributed by atoms with van der Waals surface area (Å²) in [6.45, 7) is 8.06. The summed E-state index contributed by atoms with van der Waals surface area (Å²) in [5.41, 5.74) is -0.392. The molecule has 4 nitrogen and oxygen atoms in total. The second-order valence-electron chi connectivity index (χ2n) is 6.50. The van der Waals surface area contributed by atoms with Crippen LogP contribution in [0.1, 0.15) is 58.6 Å². The van der Waals surface area contributed by atoms with E-state index >= 15 is 0 Å². The molecule has 1 heterocycles. The van der Waals surface area contributed by atoms with Crippen molar-refractivity contribution in [3.63, 3.8) is 0 Å². The van der Waals surface area contributed by atoms with Crippen molar-refractivity contribution < 1.29 is 19.7 Å². The predicted molar refractivity (Wildman–Crippen MR) is 81.8 cm³/mol. The Labute approximate surface area is 126 Å². The molecule has 1 unspecified atom stereocenters. The van der Waals surface area contributed by atoms with Crippen LogP contribution in [0.5, 0.6) is 11.5 Å². The zero-order chi connectivity index (χ0) is 15.7. The van der Waals surface area contributed by atoms with E-state index < -0.39 is 17.3 Å². The molecule has 0 radical (unpaired) electrons. The molecule has 0 fully saturated rings. The highest BCUT2D eigenvalue weighted by Gasteiger charge is 2.33. The Morgan fingerprint density at radius 3 is 2.62 bits per heavy atom. The van der Waals surface area contributed by atoms with Crippen molar-refractivity contribution in [2.75, 3.05) is 6.61 Å². The van der Waals surface area contributed by atoms with Crippen LogP contribution in [-0.2, 0) is 0 Å². The fraction of sp³-hybridized carbons (Fsp3) is 0.647. The number of benzene rings is 1. The van der Waals surface area contributed by atoms with Crippen molar-refractivity contribution in [2.24, 2.45) is 0 Å². The van der Waals surface area contributed by atoms with E-state index in [1.54, 1.807) is 6.07 Å². The van der Waals surface area contributed by atoms with Gasteiger partial charge >= 0.3 is 0 Å². The third-order valence-electron chi connectivity index (χ3n) is 4.24. The van der Waals surface area contributed by atoms with E-state index in [1.165, 1.54) is 0 Å². The minimum Gasteiger partial charge on any atom is -0.490 e. The summed E-state index contributed by atoms with van der Waals surface area (Å²) in [7, 11) is 0. The van der Waals surface area contributed by atoms with E-state index in [9.17, 15) is 10.2 Å². The minimum absolute atomic E-state index is 0.255. The summed E-state index contributed by atoms with van der Waals surface area (Å²) in [6.07, 6.45) is 1.36. The molecule has 0 spiro atoms. The SMILES string of the molecule is CCC(O)(CC)COc1ccc2c(c1)OC(C)(C)CC2O. The van der Waals surface area contributed by atoms with Gasteiger partial charge in [0.2, 0.25) is 0 Å². The quantitative estimate of drug-likeness (QED) is 0.875. The Morgan fingerprint density at radius 2 is 2.00 bits per heavy atom. The van der Waals surface area contributed by atoms with E-state index in [0.717, 1.165) is 5.56 Å². The van der Waals surface area contributed by atoms with E-state index in [1.807, 2.05) is 39.8 Å². The number of ether oxygens (including phenoxy) is 2. The van der Waals surface area contributed by atoms with Crippen LogP contribution in [0.15, 0.2) is 18.2 Å². The zero-order valence-corrected chi connectivity index (χ0v) is 13.3. The Hall–Kier alpha value is -1.26. The van der Waals surface area contributed by atoms with Crippen LogP contribution in [0.25, 0.3) is 0 Å². The van der Waals surface area contributed by atoms with E-state index in [-0.39, 0.29) is 6.61 Å². The van der Waals surface area contributed by atoms with E-state index in [2.05, 4.69) is 0 Å². The lowest BCUT2D eigenvalue weighted by Crippen LogP contribution is -2.35. The molecule has 118 valence electrons. The van der Waals surface area contributed by atoms with Gasteiger partial charge in [-0.1, -0.05) is 13.8 Å². The van der Waals surface area contributed by atoms with Crippen molar-refractivity contribution in [3.8, 4) is 11.5 Å². The topological polar surface area (TPSA) is 58.9 Å². The molecule has 21 heavy (non-hydrogen) atoms. The van der Waals surface area contributed by atoms with Gasteiger partial charge in [0.05, 0.1) is 11.7 Å². The molecule has 1 aliphatic rings. The van der Waals surface area contributed by atoms with Crippen LogP contribution in [-0.4, -0.2) is 28.0 Å². The standard InChI is InChI=1S/C17H26O4/c1-5-17(19,6-2)11-20-12-7-8-13-14(18)10-16(3,4)21-15(13)9-12/h7-9,14,18-19H,5-6,10-11H2,1-4H3. The maximum absolute atomic E-state index is 10.3. The van der Waals surface area contributed by atoms with Crippen LogP contribution in [0.3, 0.4) is 0 Å². The van der Waals surface area contributed by atoms with Gasteiger partial charge in [-0.3, -0.25) is 0 Å². The zero-order valence-electron chi connectivity index (χ0n) is 13.3. The molecule has 0 aliphatic carbocycles. The number of hydrogen-bond acceptors (Lipinski definition) is 4. The van der Waals surface area contributed by atoms with Gasteiger partial charge in [0.15, 0.2) is 0 Å². The van der Waals surface area contributed by atoms with Crippen LogP contribution in [0.2, 0.25) is 0 Å². The summed E-state index contributed by atoms with van der Waals surface area (Å²) in [5, 5.41) is 20.4. The first-order valence-electron chi connectivity index (χ1n) is 7.65. The molecule has 0 bridgehead atoms. The Morgan fingerprint density at radius 1 is 1.33 bits per heavy atom. The fourth-order valence-corrected chi connectivity index (χ4v) is 2.55. The third-order valence-corrected chi connectivity index (χ3v) is 4.24. The average Bonchev–Trinajstić information content (AvgIpc) is 2.43. The van der Waals surface area contributed by atoms with E-state index in [0.29, 0.717) is 30.8 Å². The summed E-state index contributed by atoms with van der Waals surface area (Å²) in [4.78, 5) is 0. The lowest BCUT2D eigenvalue weighted by Gasteiger charge is -2.35. The molecule has 2 N–H and O–H groups in total. The maximum Gasteiger partial charge on any atom is 0.129 e. The fourth-order valence-electron chi connectivity index (χ4n) is 2.55. The number of fused-ring (bicyclic) bond motifs is 1. The highest BCUT2D eigenvalue weighted by molar-refractivity contribution is 5.43. The number of aliphatic hydroxyl groups excluding tert-OH is 1. The Balaban J connectivity index is 2.14. The van der Waals surface area contributed by atoms with E-state index in [4.69, 9.17) is 9.47 Å². The van der Waals surface area contributed by atoms with Crippen molar-refractivity contribution in [1.82, 2.24) is 0 Å². The Bertz CT molecular complexity index is 492. The lowest BCUT2D eigenvalue weighted by atomic mass is 9.92. The van der Waals surface area contributed by atoms with Gasteiger partial charge in [0.25, 0.3) is 0 Å². The molecule has 1 aromatic rings. The maximum atomic E-state index is 10.3. The molecule has 0 saturated heterocycles. The Kier molecular flexibility index (Phi) is 4.49. The number of aliphatic hydroxyl groups is 2. The monoisotopic (exact) mass is 294 g/mol. The van der Waals surface area contributed by atoms with Gasteiger partial charge in [-0.15, -0.1) is 0 Å². The first kappa shape index (κ1) is 16.1.